The molecule has 1 amide bonds. The summed E-state index contributed by atoms with van der Waals surface area (Å²) < 4.78 is 5.87. The summed E-state index contributed by atoms with van der Waals surface area (Å²) in [4.78, 5) is 15.1. The van der Waals surface area contributed by atoms with E-state index in [0.29, 0.717) is 4.88 Å². The summed E-state index contributed by atoms with van der Waals surface area (Å²) in [5, 5.41) is 14.4. The third-order valence-electron chi connectivity index (χ3n) is 8.17. The quantitative estimate of drug-likeness (QED) is 0.250. The number of benzene rings is 3. The van der Waals surface area contributed by atoms with E-state index in [2.05, 4.69) is 45.1 Å². The van der Waals surface area contributed by atoms with Gasteiger partial charge in [-0.15, -0.1) is 11.3 Å². The molecule has 39 heavy (non-hydrogen) atoms. The highest BCUT2D eigenvalue weighted by Crippen LogP contribution is 2.50. The number of rotatable bonds is 7. The lowest BCUT2D eigenvalue weighted by molar-refractivity contribution is 0.0835. The Labute approximate surface area is 235 Å². The average Bonchev–Trinajstić information content (AvgIpc) is 3.44. The minimum Gasteiger partial charge on any atom is -0.496 e. The molecule has 5 heteroatoms. The SMILES string of the molecule is COc1cc2c(cc1-c1ccc(C(=O)NC(c3ccccc3)C(O)c3ccccc3)s1)C(C)(C)CCC2(C)C. The lowest BCUT2D eigenvalue weighted by Gasteiger charge is -2.42. The first-order chi connectivity index (χ1) is 18.6. The van der Waals surface area contributed by atoms with Gasteiger partial charge in [-0.2, -0.15) is 0 Å². The van der Waals surface area contributed by atoms with Gasteiger partial charge in [0.15, 0.2) is 0 Å². The first-order valence-corrected chi connectivity index (χ1v) is 14.3. The van der Waals surface area contributed by atoms with Crippen LogP contribution in [0.3, 0.4) is 0 Å². The Morgan fingerprint density at radius 1 is 0.846 bits per heavy atom. The molecule has 2 unspecified atom stereocenters. The standard InChI is InChI=1S/C34H37NO3S/c1-33(2)18-19-34(3,4)26-21-27(38-5)24(20-25(26)33)28-16-17-29(39-28)32(37)35-30(22-12-8-6-9-13-22)31(36)23-14-10-7-11-15-23/h6-17,20-21,30-31,36H,18-19H2,1-5H3,(H,35,37). The highest BCUT2D eigenvalue weighted by molar-refractivity contribution is 7.17. The number of carbonyl (C=O) groups excluding carboxylic acids is 1. The Balaban J connectivity index is 1.47. The molecule has 5 rings (SSSR count). The van der Waals surface area contributed by atoms with E-state index in [-0.39, 0.29) is 16.7 Å². The molecule has 0 bridgehead atoms. The van der Waals surface area contributed by atoms with Crippen LogP contribution in [0.4, 0.5) is 0 Å². The van der Waals surface area contributed by atoms with Crippen LogP contribution < -0.4 is 10.1 Å². The molecule has 4 nitrogen and oxygen atoms in total. The third kappa shape index (κ3) is 5.39. The highest BCUT2D eigenvalue weighted by Gasteiger charge is 2.38. The largest absolute Gasteiger partial charge is 0.496 e. The van der Waals surface area contributed by atoms with Crippen LogP contribution in [0, 0.1) is 0 Å². The Morgan fingerprint density at radius 2 is 1.41 bits per heavy atom. The zero-order valence-electron chi connectivity index (χ0n) is 23.3. The van der Waals surface area contributed by atoms with Crippen LogP contribution in [0.2, 0.25) is 0 Å². The molecule has 1 heterocycles. The number of aliphatic hydroxyl groups is 1. The smallest absolute Gasteiger partial charge is 0.261 e. The molecule has 2 atom stereocenters. The van der Waals surface area contributed by atoms with E-state index in [1.807, 2.05) is 72.8 Å². The van der Waals surface area contributed by atoms with Crippen LogP contribution >= 0.6 is 11.3 Å². The van der Waals surface area contributed by atoms with Gasteiger partial charge < -0.3 is 15.2 Å². The summed E-state index contributed by atoms with van der Waals surface area (Å²) in [6.07, 6.45) is 1.38. The van der Waals surface area contributed by atoms with Crippen molar-refractivity contribution >= 4 is 17.2 Å². The summed E-state index contributed by atoms with van der Waals surface area (Å²) in [6.45, 7) is 9.24. The van der Waals surface area contributed by atoms with Crippen molar-refractivity contribution < 1.29 is 14.6 Å². The fraction of sp³-hybridized carbons (Fsp3) is 0.324. The van der Waals surface area contributed by atoms with Crippen molar-refractivity contribution in [2.75, 3.05) is 7.11 Å². The molecular formula is C34H37NO3S. The van der Waals surface area contributed by atoms with Crippen molar-refractivity contribution in [1.29, 1.82) is 0 Å². The zero-order chi connectivity index (χ0) is 27.8. The maximum Gasteiger partial charge on any atom is 0.261 e. The van der Waals surface area contributed by atoms with Crippen LogP contribution in [0.1, 0.15) is 84.6 Å². The van der Waals surface area contributed by atoms with Gasteiger partial charge in [-0.3, -0.25) is 4.79 Å². The lowest BCUT2D eigenvalue weighted by atomic mass is 9.63. The van der Waals surface area contributed by atoms with E-state index in [9.17, 15) is 9.90 Å². The molecule has 4 aromatic rings. The molecule has 0 fully saturated rings. The fourth-order valence-electron chi connectivity index (χ4n) is 5.62. The number of carbonyl (C=O) groups is 1. The van der Waals surface area contributed by atoms with E-state index in [0.717, 1.165) is 40.2 Å². The van der Waals surface area contributed by atoms with E-state index < -0.39 is 12.1 Å². The van der Waals surface area contributed by atoms with E-state index in [1.165, 1.54) is 22.5 Å². The molecule has 1 aliphatic carbocycles. The van der Waals surface area contributed by atoms with Crippen LogP contribution in [0.15, 0.2) is 84.9 Å². The van der Waals surface area contributed by atoms with Crippen molar-refractivity contribution in [2.45, 2.75) is 63.5 Å². The third-order valence-corrected chi connectivity index (χ3v) is 9.29. The van der Waals surface area contributed by atoms with Crippen LogP contribution in [0.25, 0.3) is 10.4 Å². The number of hydrogen-bond donors (Lipinski definition) is 2. The fourth-order valence-corrected chi connectivity index (χ4v) is 6.55. The number of fused-ring (bicyclic) bond motifs is 1. The highest BCUT2D eigenvalue weighted by atomic mass is 32.1. The van der Waals surface area contributed by atoms with Crippen molar-refractivity contribution in [1.82, 2.24) is 5.32 Å². The number of hydrogen-bond acceptors (Lipinski definition) is 4. The van der Waals surface area contributed by atoms with Crippen molar-refractivity contribution in [3.63, 3.8) is 0 Å². The first-order valence-electron chi connectivity index (χ1n) is 13.5. The maximum atomic E-state index is 13.5. The molecule has 0 spiro atoms. The van der Waals surface area contributed by atoms with Gasteiger partial charge in [-0.25, -0.2) is 0 Å². The number of ether oxygens (including phenoxy) is 1. The normalized spacial score (nSPS) is 17.1. The average molecular weight is 540 g/mol. The van der Waals surface area contributed by atoms with Gasteiger partial charge in [0.2, 0.25) is 0 Å². The Kier molecular flexibility index (Phi) is 7.41. The molecule has 1 aromatic heterocycles. The zero-order valence-corrected chi connectivity index (χ0v) is 24.1. The molecule has 0 saturated carbocycles. The van der Waals surface area contributed by atoms with Gasteiger partial charge in [0.25, 0.3) is 5.91 Å². The summed E-state index contributed by atoms with van der Waals surface area (Å²) >= 11 is 1.45. The maximum absolute atomic E-state index is 13.5. The second-order valence-electron chi connectivity index (χ2n) is 11.7. The lowest BCUT2D eigenvalue weighted by Crippen LogP contribution is -2.33. The molecular weight excluding hydrogens is 502 g/mol. The summed E-state index contributed by atoms with van der Waals surface area (Å²) in [7, 11) is 1.71. The number of amides is 1. The van der Waals surface area contributed by atoms with Gasteiger partial charge in [0.1, 0.15) is 11.9 Å². The van der Waals surface area contributed by atoms with Crippen LogP contribution in [0.5, 0.6) is 5.75 Å². The summed E-state index contributed by atoms with van der Waals surface area (Å²) in [5.74, 6) is 0.614. The molecule has 202 valence electrons. The molecule has 0 saturated heterocycles. The summed E-state index contributed by atoms with van der Waals surface area (Å²) in [5.41, 5.74) is 5.46. The minimum absolute atomic E-state index is 0.0693. The predicted octanol–water partition coefficient (Wildman–Crippen LogP) is 7.98. The number of aliphatic hydroxyl groups excluding tert-OH is 1. The van der Waals surface area contributed by atoms with Crippen molar-refractivity contribution in [3.05, 3.63) is 112 Å². The van der Waals surface area contributed by atoms with E-state index >= 15 is 0 Å². The molecule has 0 radical (unpaired) electrons. The Hall–Kier alpha value is -3.41. The second kappa shape index (κ2) is 10.6. The number of nitrogens with one attached hydrogen (secondary N) is 1. The monoisotopic (exact) mass is 539 g/mol. The first kappa shape index (κ1) is 27.2. The van der Waals surface area contributed by atoms with Gasteiger partial charge in [0.05, 0.1) is 18.0 Å². The van der Waals surface area contributed by atoms with Gasteiger partial charge in [-0.05, 0) is 70.2 Å². The number of methoxy groups -OCH3 is 1. The van der Waals surface area contributed by atoms with Crippen LogP contribution in [-0.2, 0) is 10.8 Å². The second-order valence-corrected chi connectivity index (χ2v) is 12.8. The molecule has 1 aliphatic rings. The van der Waals surface area contributed by atoms with Crippen LogP contribution in [-0.4, -0.2) is 18.1 Å². The van der Waals surface area contributed by atoms with Gasteiger partial charge in [-0.1, -0.05) is 88.4 Å². The van der Waals surface area contributed by atoms with E-state index in [4.69, 9.17) is 4.74 Å². The topological polar surface area (TPSA) is 58.6 Å². The predicted molar refractivity (Wildman–Crippen MR) is 160 cm³/mol. The molecule has 0 aliphatic heterocycles. The van der Waals surface area contributed by atoms with Gasteiger partial charge >= 0.3 is 0 Å². The van der Waals surface area contributed by atoms with Crippen molar-refractivity contribution in [3.8, 4) is 16.2 Å². The van der Waals surface area contributed by atoms with E-state index in [1.54, 1.807) is 7.11 Å². The summed E-state index contributed by atoms with van der Waals surface area (Å²) in [6, 6.07) is 26.8. The molecule has 3 aromatic carbocycles. The minimum atomic E-state index is -0.886. The Morgan fingerprint density at radius 3 is 2.00 bits per heavy atom. The van der Waals surface area contributed by atoms with Gasteiger partial charge in [0, 0.05) is 10.4 Å². The van der Waals surface area contributed by atoms with Crippen molar-refractivity contribution in [2.24, 2.45) is 0 Å². The number of thiophene rings is 1. The Bertz CT molecular complexity index is 1460. The molecule has 2 N–H and O–H groups in total.